The van der Waals surface area contributed by atoms with Crippen LogP contribution in [-0.4, -0.2) is 18.1 Å². The maximum absolute atomic E-state index is 4.36. The normalized spacial score (nSPS) is 12.8. The molecular formula is C11H17BrN2. The van der Waals surface area contributed by atoms with Gasteiger partial charge in [-0.05, 0) is 41.5 Å². The van der Waals surface area contributed by atoms with Crippen LogP contribution in [0.15, 0.2) is 22.8 Å². The minimum absolute atomic E-state index is 0.534. The minimum atomic E-state index is 0.534. The molecule has 0 radical (unpaired) electrons. The van der Waals surface area contributed by atoms with Crippen molar-refractivity contribution >= 4 is 15.9 Å². The van der Waals surface area contributed by atoms with Gasteiger partial charge in [0.1, 0.15) is 0 Å². The first kappa shape index (κ1) is 11.7. The minimum Gasteiger partial charge on any atom is -0.317 e. The third kappa shape index (κ3) is 3.39. The zero-order valence-electron chi connectivity index (χ0n) is 8.76. The van der Waals surface area contributed by atoms with Crippen molar-refractivity contribution in [3.63, 3.8) is 0 Å². The van der Waals surface area contributed by atoms with Crippen LogP contribution in [0.3, 0.4) is 0 Å². The van der Waals surface area contributed by atoms with Crippen LogP contribution >= 0.6 is 15.9 Å². The van der Waals surface area contributed by atoms with Crippen LogP contribution in [0, 0.1) is 0 Å². The van der Waals surface area contributed by atoms with Gasteiger partial charge in [0.2, 0.25) is 0 Å². The van der Waals surface area contributed by atoms with E-state index in [1.807, 2.05) is 25.4 Å². The SMILES string of the molecule is CCCC(Cc1ncccc1Br)NC. The van der Waals surface area contributed by atoms with Crippen LogP contribution in [0.2, 0.25) is 0 Å². The molecule has 78 valence electrons. The van der Waals surface area contributed by atoms with Crippen molar-refractivity contribution in [3.05, 3.63) is 28.5 Å². The maximum Gasteiger partial charge on any atom is 0.0560 e. The Hall–Kier alpha value is -0.410. The van der Waals surface area contributed by atoms with Gasteiger partial charge in [0, 0.05) is 23.1 Å². The highest BCUT2D eigenvalue weighted by Crippen LogP contribution is 2.16. The lowest BCUT2D eigenvalue weighted by Gasteiger charge is -2.15. The molecule has 0 amide bonds. The number of pyridine rings is 1. The summed E-state index contributed by atoms with van der Waals surface area (Å²) >= 11 is 3.51. The Bertz CT molecular complexity index is 276. The quantitative estimate of drug-likeness (QED) is 0.877. The lowest BCUT2D eigenvalue weighted by Crippen LogP contribution is -2.27. The van der Waals surface area contributed by atoms with Crippen molar-refractivity contribution in [2.45, 2.75) is 32.2 Å². The predicted molar refractivity (Wildman–Crippen MR) is 63.4 cm³/mol. The average Bonchev–Trinajstić information content (AvgIpc) is 2.20. The van der Waals surface area contributed by atoms with Crippen LogP contribution < -0.4 is 5.32 Å². The molecule has 1 aromatic heterocycles. The Balaban J connectivity index is 2.62. The van der Waals surface area contributed by atoms with Gasteiger partial charge in [-0.25, -0.2) is 0 Å². The number of rotatable bonds is 5. The van der Waals surface area contributed by atoms with Crippen molar-refractivity contribution in [2.75, 3.05) is 7.05 Å². The van der Waals surface area contributed by atoms with E-state index in [1.165, 1.54) is 12.8 Å². The molecule has 0 spiro atoms. The van der Waals surface area contributed by atoms with Crippen molar-refractivity contribution in [2.24, 2.45) is 0 Å². The molecular weight excluding hydrogens is 240 g/mol. The Morgan fingerprint density at radius 3 is 2.93 bits per heavy atom. The van der Waals surface area contributed by atoms with Gasteiger partial charge < -0.3 is 5.32 Å². The number of halogens is 1. The number of aromatic nitrogens is 1. The van der Waals surface area contributed by atoms with E-state index >= 15 is 0 Å². The monoisotopic (exact) mass is 256 g/mol. The zero-order valence-corrected chi connectivity index (χ0v) is 10.3. The van der Waals surface area contributed by atoms with E-state index in [0.717, 1.165) is 16.6 Å². The Kier molecular flexibility index (Phi) is 5.12. The fourth-order valence-electron chi connectivity index (χ4n) is 1.50. The van der Waals surface area contributed by atoms with Crippen LogP contribution in [0.25, 0.3) is 0 Å². The van der Waals surface area contributed by atoms with E-state index in [1.54, 1.807) is 0 Å². The van der Waals surface area contributed by atoms with E-state index < -0.39 is 0 Å². The molecule has 1 rings (SSSR count). The smallest absolute Gasteiger partial charge is 0.0560 e. The molecule has 0 aromatic carbocycles. The summed E-state index contributed by atoms with van der Waals surface area (Å²) in [5.41, 5.74) is 1.14. The largest absolute Gasteiger partial charge is 0.317 e. The van der Waals surface area contributed by atoms with Gasteiger partial charge in [0.15, 0.2) is 0 Å². The Morgan fingerprint density at radius 2 is 2.36 bits per heavy atom. The molecule has 0 aliphatic heterocycles. The number of hydrogen-bond acceptors (Lipinski definition) is 2. The Morgan fingerprint density at radius 1 is 1.57 bits per heavy atom. The van der Waals surface area contributed by atoms with E-state index in [9.17, 15) is 0 Å². The molecule has 0 bridgehead atoms. The molecule has 0 saturated carbocycles. The van der Waals surface area contributed by atoms with Crippen LogP contribution in [-0.2, 0) is 6.42 Å². The van der Waals surface area contributed by atoms with Gasteiger partial charge in [-0.15, -0.1) is 0 Å². The van der Waals surface area contributed by atoms with E-state index in [0.29, 0.717) is 6.04 Å². The number of nitrogens with zero attached hydrogens (tertiary/aromatic N) is 1. The summed E-state index contributed by atoms with van der Waals surface area (Å²) in [6.45, 7) is 2.21. The standard InChI is InChI=1S/C11H17BrN2/c1-3-5-9(13-2)8-11-10(12)6-4-7-14-11/h4,6-7,9,13H,3,5,8H2,1-2H3. The summed E-state index contributed by atoms with van der Waals surface area (Å²) in [6.07, 6.45) is 5.24. The fourth-order valence-corrected chi connectivity index (χ4v) is 1.92. The lowest BCUT2D eigenvalue weighted by molar-refractivity contribution is 0.508. The molecule has 0 fully saturated rings. The summed E-state index contributed by atoms with van der Waals surface area (Å²) in [4.78, 5) is 4.36. The fraction of sp³-hybridized carbons (Fsp3) is 0.545. The lowest BCUT2D eigenvalue weighted by atomic mass is 10.1. The van der Waals surface area contributed by atoms with E-state index in [2.05, 4.69) is 33.2 Å². The van der Waals surface area contributed by atoms with Crippen molar-refractivity contribution < 1.29 is 0 Å². The van der Waals surface area contributed by atoms with Crippen molar-refractivity contribution in [3.8, 4) is 0 Å². The molecule has 1 atom stereocenters. The van der Waals surface area contributed by atoms with Crippen molar-refractivity contribution in [1.82, 2.24) is 10.3 Å². The van der Waals surface area contributed by atoms with Gasteiger partial charge in [-0.2, -0.15) is 0 Å². The highest BCUT2D eigenvalue weighted by atomic mass is 79.9. The van der Waals surface area contributed by atoms with Gasteiger partial charge in [-0.3, -0.25) is 4.98 Å². The third-order valence-electron chi connectivity index (χ3n) is 2.32. The first-order valence-corrected chi connectivity index (χ1v) is 5.83. The highest BCUT2D eigenvalue weighted by Gasteiger charge is 2.08. The molecule has 3 heteroatoms. The predicted octanol–water partition coefficient (Wildman–Crippen LogP) is 2.77. The molecule has 0 saturated heterocycles. The molecule has 14 heavy (non-hydrogen) atoms. The van der Waals surface area contributed by atoms with E-state index in [4.69, 9.17) is 0 Å². The second kappa shape index (κ2) is 6.14. The molecule has 0 aliphatic carbocycles. The number of likely N-dealkylation sites (N-methyl/N-ethyl adjacent to an activating group) is 1. The first-order valence-electron chi connectivity index (χ1n) is 5.04. The molecule has 1 aromatic rings. The number of hydrogen-bond donors (Lipinski definition) is 1. The molecule has 2 nitrogen and oxygen atoms in total. The molecule has 1 N–H and O–H groups in total. The van der Waals surface area contributed by atoms with Crippen LogP contribution in [0.1, 0.15) is 25.5 Å². The van der Waals surface area contributed by atoms with Gasteiger partial charge in [0.05, 0.1) is 5.69 Å². The Labute approximate surface area is 94.3 Å². The molecule has 0 aliphatic rings. The molecule has 1 unspecified atom stereocenters. The molecule has 1 heterocycles. The second-order valence-electron chi connectivity index (χ2n) is 3.41. The van der Waals surface area contributed by atoms with Gasteiger partial charge in [-0.1, -0.05) is 13.3 Å². The van der Waals surface area contributed by atoms with Crippen LogP contribution in [0.5, 0.6) is 0 Å². The summed E-state index contributed by atoms with van der Waals surface area (Å²) in [7, 11) is 2.01. The number of nitrogens with one attached hydrogen (secondary N) is 1. The van der Waals surface area contributed by atoms with E-state index in [-0.39, 0.29) is 0 Å². The highest BCUT2D eigenvalue weighted by molar-refractivity contribution is 9.10. The van der Waals surface area contributed by atoms with Gasteiger partial charge in [0.25, 0.3) is 0 Å². The third-order valence-corrected chi connectivity index (χ3v) is 3.04. The second-order valence-corrected chi connectivity index (χ2v) is 4.26. The first-order chi connectivity index (χ1) is 6.77. The van der Waals surface area contributed by atoms with Crippen LogP contribution in [0.4, 0.5) is 0 Å². The van der Waals surface area contributed by atoms with Crippen molar-refractivity contribution in [1.29, 1.82) is 0 Å². The summed E-state index contributed by atoms with van der Waals surface area (Å²) < 4.78 is 1.11. The summed E-state index contributed by atoms with van der Waals surface area (Å²) in [6, 6.07) is 4.52. The topological polar surface area (TPSA) is 24.9 Å². The average molecular weight is 257 g/mol. The maximum atomic E-state index is 4.36. The summed E-state index contributed by atoms with van der Waals surface area (Å²) in [5, 5.41) is 3.32. The summed E-state index contributed by atoms with van der Waals surface area (Å²) in [5.74, 6) is 0. The zero-order chi connectivity index (χ0) is 10.4. The van der Waals surface area contributed by atoms with Gasteiger partial charge >= 0.3 is 0 Å².